The van der Waals surface area contributed by atoms with E-state index in [4.69, 9.17) is 4.74 Å². The maximum Gasteiger partial charge on any atom is 0.257 e. The summed E-state index contributed by atoms with van der Waals surface area (Å²) in [7, 11) is 3.63. The Morgan fingerprint density at radius 2 is 1.87 bits per heavy atom. The third-order valence-electron chi connectivity index (χ3n) is 7.50. The first-order chi connectivity index (χ1) is 18.0. The number of hydrogen-bond acceptors (Lipinski definition) is 3. The quantitative estimate of drug-likeness (QED) is 0.174. The molecule has 1 unspecified atom stereocenters. The highest BCUT2D eigenvalue weighted by atomic mass is 16.5. The standard InChI is InChI=1S/C33H47N3O2/c1-12-15-30(38-11)31(26(9)23(6)14-3)25(8)20-27(19-24(7)22(5)13-2)32(37)35-33-34-28-17-16-21(4)18-29(28)36(33)10/h16-20,22H,8,12-15H2,1-7,9-11H3,(H,34,35,37)/b24-19-,26-23-,27-20+,31-30+. The van der Waals surface area contributed by atoms with Crippen molar-refractivity contribution in [2.45, 2.75) is 81.1 Å². The summed E-state index contributed by atoms with van der Waals surface area (Å²) in [5.41, 5.74) is 8.82. The van der Waals surface area contributed by atoms with Gasteiger partial charge in [0.25, 0.3) is 5.91 Å². The van der Waals surface area contributed by atoms with Crippen molar-refractivity contribution in [3.05, 3.63) is 81.7 Å². The van der Waals surface area contributed by atoms with Gasteiger partial charge in [-0.2, -0.15) is 0 Å². The van der Waals surface area contributed by atoms with Crippen LogP contribution in [-0.2, 0) is 16.6 Å². The van der Waals surface area contributed by atoms with Crippen molar-refractivity contribution in [3.63, 3.8) is 0 Å². The Morgan fingerprint density at radius 1 is 1.18 bits per heavy atom. The molecule has 0 aliphatic rings. The maximum absolute atomic E-state index is 13.8. The van der Waals surface area contributed by atoms with Gasteiger partial charge >= 0.3 is 0 Å². The van der Waals surface area contributed by atoms with E-state index in [9.17, 15) is 4.79 Å². The second-order valence-corrected chi connectivity index (χ2v) is 10.3. The Balaban J connectivity index is 2.65. The Labute approximate surface area is 230 Å². The van der Waals surface area contributed by atoms with Crippen molar-refractivity contribution in [1.82, 2.24) is 9.55 Å². The molecule has 38 heavy (non-hydrogen) atoms. The van der Waals surface area contributed by atoms with Gasteiger partial charge in [0.2, 0.25) is 5.95 Å². The highest BCUT2D eigenvalue weighted by Crippen LogP contribution is 2.31. The molecular weight excluding hydrogens is 470 g/mol. The number of carbonyl (C=O) groups excluding carboxylic acids is 1. The van der Waals surface area contributed by atoms with Gasteiger partial charge in [0.05, 0.1) is 18.1 Å². The fourth-order valence-electron chi connectivity index (χ4n) is 4.39. The minimum Gasteiger partial charge on any atom is -0.500 e. The first kappa shape index (κ1) is 30.9. The molecule has 0 radical (unpaired) electrons. The number of aryl methyl sites for hydroxylation is 2. The topological polar surface area (TPSA) is 56.2 Å². The second kappa shape index (κ2) is 14.0. The molecule has 0 aliphatic carbocycles. The monoisotopic (exact) mass is 517 g/mol. The van der Waals surface area contributed by atoms with E-state index in [1.54, 1.807) is 7.11 Å². The molecule has 1 amide bonds. The zero-order chi connectivity index (χ0) is 28.6. The lowest BCUT2D eigenvalue weighted by Crippen LogP contribution is -2.17. The number of aromatic nitrogens is 2. The average Bonchev–Trinajstić information content (AvgIpc) is 3.20. The predicted molar refractivity (Wildman–Crippen MR) is 162 cm³/mol. The van der Waals surface area contributed by atoms with E-state index < -0.39 is 0 Å². The fraction of sp³-hybridized carbons (Fsp3) is 0.455. The van der Waals surface area contributed by atoms with Crippen LogP contribution in [0.5, 0.6) is 0 Å². The van der Waals surface area contributed by atoms with Crippen molar-refractivity contribution >= 4 is 22.9 Å². The summed E-state index contributed by atoms with van der Waals surface area (Å²) in [4.78, 5) is 18.4. The van der Waals surface area contributed by atoms with Crippen molar-refractivity contribution in [3.8, 4) is 0 Å². The number of carbonyl (C=O) groups is 1. The number of benzene rings is 1. The van der Waals surface area contributed by atoms with Crippen molar-refractivity contribution < 1.29 is 9.53 Å². The zero-order valence-electron chi connectivity index (χ0n) is 25.2. The normalized spacial score (nSPS) is 14.7. The van der Waals surface area contributed by atoms with Crippen LogP contribution in [0.2, 0.25) is 0 Å². The number of allylic oxidation sites excluding steroid dienone is 7. The van der Waals surface area contributed by atoms with Gasteiger partial charge in [-0.05, 0) is 87.8 Å². The van der Waals surface area contributed by atoms with Gasteiger partial charge in [0, 0.05) is 24.6 Å². The fourth-order valence-corrected chi connectivity index (χ4v) is 4.39. The van der Waals surface area contributed by atoms with E-state index in [1.165, 1.54) is 5.57 Å². The van der Waals surface area contributed by atoms with Gasteiger partial charge in [0.15, 0.2) is 0 Å². The molecule has 0 spiro atoms. The van der Waals surface area contributed by atoms with Crippen LogP contribution in [-0.4, -0.2) is 22.6 Å². The third kappa shape index (κ3) is 7.37. The second-order valence-electron chi connectivity index (χ2n) is 10.3. The molecule has 0 saturated heterocycles. The van der Waals surface area contributed by atoms with Gasteiger partial charge in [0.1, 0.15) is 5.76 Å². The molecule has 0 fully saturated rings. The minimum absolute atomic E-state index is 0.216. The number of imidazole rings is 1. The van der Waals surface area contributed by atoms with Crippen LogP contribution in [0.1, 0.15) is 79.7 Å². The molecule has 1 heterocycles. The van der Waals surface area contributed by atoms with Crippen LogP contribution in [0, 0.1) is 12.8 Å². The van der Waals surface area contributed by atoms with Crippen LogP contribution in [0.4, 0.5) is 5.95 Å². The molecule has 0 aliphatic heterocycles. The summed E-state index contributed by atoms with van der Waals surface area (Å²) < 4.78 is 7.77. The summed E-state index contributed by atoms with van der Waals surface area (Å²) >= 11 is 0. The lowest BCUT2D eigenvalue weighted by molar-refractivity contribution is -0.112. The number of amides is 1. The maximum atomic E-state index is 13.8. The van der Waals surface area contributed by atoms with E-state index in [0.29, 0.717) is 17.4 Å². The Hall–Kier alpha value is -3.34. The van der Waals surface area contributed by atoms with E-state index in [-0.39, 0.29) is 5.91 Å². The minimum atomic E-state index is -0.216. The Morgan fingerprint density at radius 3 is 2.45 bits per heavy atom. The molecule has 2 rings (SSSR count). The molecule has 1 aromatic heterocycles. The number of nitrogens with one attached hydrogen (secondary N) is 1. The first-order valence-electron chi connectivity index (χ1n) is 13.8. The first-order valence-corrected chi connectivity index (χ1v) is 13.8. The largest absolute Gasteiger partial charge is 0.500 e. The predicted octanol–water partition coefficient (Wildman–Crippen LogP) is 8.74. The number of rotatable bonds is 12. The third-order valence-corrected chi connectivity index (χ3v) is 7.50. The summed E-state index contributed by atoms with van der Waals surface area (Å²) in [5, 5.41) is 3.06. The number of methoxy groups -OCH3 is 1. The van der Waals surface area contributed by atoms with E-state index in [2.05, 4.69) is 71.4 Å². The van der Waals surface area contributed by atoms with Gasteiger partial charge in [-0.1, -0.05) is 57.6 Å². The van der Waals surface area contributed by atoms with E-state index in [0.717, 1.165) is 70.3 Å². The van der Waals surface area contributed by atoms with Gasteiger partial charge in [-0.15, -0.1) is 0 Å². The Bertz CT molecular complexity index is 1300. The summed E-state index contributed by atoms with van der Waals surface area (Å²) in [6.45, 7) is 21.4. The highest BCUT2D eigenvalue weighted by Gasteiger charge is 2.18. The molecular formula is C33H47N3O2. The molecule has 1 aromatic carbocycles. The van der Waals surface area contributed by atoms with Crippen molar-refractivity contribution in [2.75, 3.05) is 12.4 Å². The average molecular weight is 518 g/mol. The van der Waals surface area contributed by atoms with Crippen molar-refractivity contribution in [1.29, 1.82) is 0 Å². The van der Waals surface area contributed by atoms with Crippen LogP contribution in [0.15, 0.2) is 76.1 Å². The highest BCUT2D eigenvalue weighted by molar-refractivity contribution is 6.06. The SMILES string of the molecule is C=C(/C=C(\C=C(\C)C(C)CC)C(=O)Nc1nc2ccc(C)cc2n1C)C(/C(C)=C(/C)CC)=C(/CCC)OC. The van der Waals surface area contributed by atoms with Gasteiger partial charge in [-0.3, -0.25) is 10.1 Å². The lowest BCUT2D eigenvalue weighted by atomic mass is 9.90. The molecule has 0 saturated carbocycles. The molecule has 5 nitrogen and oxygen atoms in total. The van der Waals surface area contributed by atoms with Crippen LogP contribution in [0.3, 0.4) is 0 Å². The molecule has 5 heteroatoms. The van der Waals surface area contributed by atoms with E-state index in [1.807, 2.05) is 42.8 Å². The number of ether oxygens (including phenoxy) is 1. The molecule has 1 N–H and O–H groups in total. The number of hydrogen-bond donors (Lipinski definition) is 1. The Kier molecular flexibility index (Phi) is 11.4. The number of fused-ring (bicyclic) bond motifs is 1. The van der Waals surface area contributed by atoms with Gasteiger partial charge < -0.3 is 9.30 Å². The zero-order valence-corrected chi connectivity index (χ0v) is 25.2. The molecule has 0 bridgehead atoms. The number of nitrogens with zero attached hydrogens (tertiary/aromatic N) is 2. The molecule has 2 aromatic rings. The van der Waals surface area contributed by atoms with E-state index >= 15 is 0 Å². The van der Waals surface area contributed by atoms with Crippen LogP contribution >= 0.6 is 0 Å². The summed E-state index contributed by atoms with van der Waals surface area (Å²) in [6.07, 6.45) is 7.56. The molecule has 206 valence electrons. The smallest absolute Gasteiger partial charge is 0.257 e. The van der Waals surface area contributed by atoms with Crippen LogP contribution in [0.25, 0.3) is 11.0 Å². The van der Waals surface area contributed by atoms with Gasteiger partial charge in [-0.25, -0.2) is 4.98 Å². The summed E-state index contributed by atoms with van der Waals surface area (Å²) in [6, 6.07) is 6.08. The summed E-state index contributed by atoms with van der Waals surface area (Å²) in [5.74, 6) is 1.55. The van der Waals surface area contributed by atoms with Crippen molar-refractivity contribution in [2.24, 2.45) is 13.0 Å². The lowest BCUT2D eigenvalue weighted by Gasteiger charge is -2.18. The number of anilines is 1. The molecule has 1 atom stereocenters. The van der Waals surface area contributed by atoms with Crippen LogP contribution < -0.4 is 5.32 Å².